The average molecular weight is 410 g/mol. The monoisotopic (exact) mass is 409 g/mol. The van der Waals surface area contributed by atoms with Gasteiger partial charge in [0.2, 0.25) is 5.91 Å². The molecule has 152 valence electrons. The van der Waals surface area contributed by atoms with Crippen molar-refractivity contribution < 1.29 is 14.3 Å². The quantitative estimate of drug-likeness (QED) is 0.490. The molecular formula is C22H27N3O3Si. The maximum Gasteiger partial charge on any atom is 0.408 e. The van der Waals surface area contributed by atoms with Gasteiger partial charge in [0.05, 0.1) is 14.1 Å². The number of alkyl carbamates (subject to hydrolysis) is 1. The highest BCUT2D eigenvalue weighted by Gasteiger charge is 2.31. The maximum atomic E-state index is 12.5. The van der Waals surface area contributed by atoms with E-state index in [1.165, 1.54) is 5.56 Å². The lowest BCUT2D eigenvalue weighted by atomic mass is 10.2. The highest BCUT2D eigenvalue weighted by Crippen LogP contribution is 2.19. The molecular weight excluding hydrogens is 382 g/mol. The summed E-state index contributed by atoms with van der Waals surface area (Å²) in [6.45, 7) is 4.39. The molecule has 0 fully saturated rings. The lowest BCUT2D eigenvalue weighted by molar-refractivity contribution is -0.122. The Morgan fingerprint density at radius 3 is 2.21 bits per heavy atom. The van der Waals surface area contributed by atoms with Crippen molar-refractivity contribution in [3.05, 3.63) is 71.8 Å². The highest BCUT2D eigenvalue weighted by atomic mass is 28.3. The molecule has 6 nitrogen and oxygen atoms in total. The largest absolute Gasteiger partial charge is 0.445 e. The summed E-state index contributed by atoms with van der Waals surface area (Å²) in [4.78, 5) is 24.8. The Balaban J connectivity index is 2.00. The van der Waals surface area contributed by atoms with Crippen molar-refractivity contribution in [2.75, 3.05) is 6.54 Å². The number of hydrogen-bond donors (Lipinski definition) is 2. The summed E-state index contributed by atoms with van der Waals surface area (Å²) < 4.78 is 5.27. The van der Waals surface area contributed by atoms with Crippen LogP contribution in [0.4, 0.5) is 4.79 Å². The van der Waals surface area contributed by atoms with Gasteiger partial charge in [0.15, 0.2) is 0 Å². The Kier molecular flexibility index (Phi) is 8.43. The molecule has 0 saturated heterocycles. The third-order valence-corrected chi connectivity index (χ3v) is 7.32. The molecule has 0 aliphatic heterocycles. The van der Waals surface area contributed by atoms with Crippen molar-refractivity contribution in [3.63, 3.8) is 0 Å². The molecule has 0 aromatic heterocycles. The van der Waals surface area contributed by atoms with Crippen molar-refractivity contribution >= 4 is 20.1 Å². The summed E-state index contributed by atoms with van der Waals surface area (Å²) in [5.41, 5.74) is 2.08. The fraction of sp³-hybridized carbons (Fsp3) is 0.318. The van der Waals surface area contributed by atoms with Crippen LogP contribution in [-0.2, 0) is 22.2 Å². The Bertz CT molecular complexity index is 835. The lowest BCUT2D eigenvalue weighted by Gasteiger charge is -2.28. The first-order valence-electron chi connectivity index (χ1n) is 9.55. The zero-order valence-corrected chi connectivity index (χ0v) is 17.9. The summed E-state index contributed by atoms with van der Waals surface area (Å²) in [5, 5.41) is 14.0. The fourth-order valence-corrected chi connectivity index (χ4v) is 6.02. The van der Waals surface area contributed by atoms with E-state index < -0.39 is 20.2 Å². The SMILES string of the molecule is C[Si](C)(Cc1ccccc1)C[C@H](NC(=O)OCc1ccccc1)C(=O)NCC#N. The van der Waals surface area contributed by atoms with Gasteiger partial charge in [-0.3, -0.25) is 4.79 Å². The Morgan fingerprint density at radius 2 is 1.62 bits per heavy atom. The molecule has 0 radical (unpaired) electrons. The average Bonchev–Trinajstić information content (AvgIpc) is 2.71. The zero-order chi connectivity index (χ0) is 21.1. The summed E-state index contributed by atoms with van der Waals surface area (Å²) >= 11 is 0. The number of nitrogens with zero attached hydrogens (tertiary/aromatic N) is 1. The summed E-state index contributed by atoms with van der Waals surface area (Å²) in [6.07, 6.45) is -0.643. The van der Waals surface area contributed by atoms with Crippen LogP contribution in [0.2, 0.25) is 19.1 Å². The molecule has 2 N–H and O–H groups in total. The van der Waals surface area contributed by atoms with Crippen LogP contribution in [0, 0.1) is 11.3 Å². The third-order valence-electron chi connectivity index (χ3n) is 4.45. The minimum absolute atomic E-state index is 0.100. The topological polar surface area (TPSA) is 91.2 Å². The molecule has 0 spiro atoms. The van der Waals surface area contributed by atoms with E-state index >= 15 is 0 Å². The summed E-state index contributed by atoms with van der Waals surface area (Å²) in [7, 11) is -1.88. The smallest absolute Gasteiger partial charge is 0.408 e. The summed E-state index contributed by atoms with van der Waals surface area (Å²) in [6, 6.07) is 22.0. The van der Waals surface area contributed by atoms with Crippen LogP contribution in [0.1, 0.15) is 11.1 Å². The first kappa shape index (κ1) is 22.2. The number of benzene rings is 2. The second kappa shape index (κ2) is 11.0. The number of amides is 2. The number of carbonyl (C=O) groups excluding carboxylic acids is 2. The highest BCUT2D eigenvalue weighted by molar-refractivity contribution is 6.77. The molecule has 0 heterocycles. The molecule has 0 aliphatic carbocycles. The second-order valence-corrected chi connectivity index (χ2v) is 12.8. The number of rotatable bonds is 9. The minimum atomic E-state index is -1.88. The van der Waals surface area contributed by atoms with Crippen LogP contribution in [0.15, 0.2) is 60.7 Å². The van der Waals surface area contributed by atoms with Crippen molar-refractivity contribution in [1.29, 1.82) is 5.26 Å². The number of nitrogens with one attached hydrogen (secondary N) is 2. The third kappa shape index (κ3) is 8.19. The zero-order valence-electron chi connectivity index (χ0n) is 16.9. The standard InChI is InChI=1S/C22H27N3O3Si/c1-29(2,16-19-11-7-4-8-12-19)17-20(21(26)24-14-13-23)25-22(27)28-15-18-9-5-3-6-10-18/h3-12,20H,14-17H2,1-2H3,(H,24,26)(H,25,27)/t20-/m0/s1. The van der Waals surface area contributed by atoms with E-state index in [1.807, 2.05) is 54.6 Å². The van der Waals surface area contributed by atoms with Crippen LogP contribution in [0.5, 0.6) is 0 Å². The van der Waals surface area contributed by atoms with Gasteiger partial charge in [-0.1, -0.05) is 79.3 Å². The van der Waals surface area contributed by atoms with Crippen LogP contribution in [0.3, 0.4) is 0 Å². The first-order chi connectivity index (χ1) is 13.9. The van der Waals surface area contributed by atoms with Gasteiger partial charge in [0.25, 0.3) is 0 Å². The van der Waals surface area contributed by atoms with Gasteiger partial charge < -0.3 is 15.4 Å². The molecule has 29 heavy (non-hydrogen) atoms. The number of ether oxygens (including phenoxy) is 1. The summed E-state index contributed by atoms with van der Waals surface area (Å²) in [5.74, 6) is -0.364. The van der Waals surface area contributed by atoms with Crippen molar-refractivity contribution in [1.82, 2.24) is 10.6 Å². The lowest BCUT2D eigenvalue weighted by Crippen LogP contribution is -2.51. The van der Waals surface area contributed by atoms with Gasteiger partial charge in [0, 0.05) is 0 Å². The molecule has 2 rings (SSSR count). The normalized spacial score (nSPS) is 11.8. The Labute approximate surface area is 172 Å². The van der Waals surface area contributed by atoms with Crippen molar-refractivity contribution in [2.24, 2.45) is 0 Å². The van der Waals surface area contributed by atoms with Gasteiger partial charge in [-0.25, -0.2) is 4.79 Å². The van der Waals surface area contributed by atoms with Gasteiger partial charge in [-0.2, -0.15) is 5.26 Å². The van der Waals surface area contributed by atoms with E-state index in [1.54, 1.807) is 0 Å². The van der Waals surface area contributed by atoms with Gasteiger partial charge >= 0.3 is 6.09 Å². The number of nitriles is 1. The van der Waals surface area contributed by atoms with Crippen LogP contribution in [0.25, 0.3) is 0 Å². The molecule has 7 heteroatoms. The molecule has 2 amide bonds. The molecule has 2 aromatic rings. The molecule has 0 aliphatic rings. The van der Waals surface area contributed by atoms with Crippen LogP contribution in [-0.4, -0.2) is 32.7 Å². The van der Waals surface area contributed by atoms with E-state index in [2.05, 4.69) is 35.9 Å². The van der Waals surface area contributed by atoms with E-state index in [9.17, 15) is 9.59 Å². The van der Waals surface area contributed by atoms with E-state index in [-0.39, 0.29) is 19.1 Å². The molecule has 1 atom stereocenters. The fourth-order valence-electron chi connectivity index (χ4n) is 3.14. The molecule has 0 bridgehead atoms. The van der Waals surface area contributed by atoms with Gasteiger partial charge in [-0.15, -0.1) is 0 Å². The van der Waals surface area contributed by atoms with Crippen LogP contribution >= 0.6 is 0 Å². The van der Waals surface area contributed by atoms with Gasteiger partial charge in [-0.05, 0) is 17.7 Å². The molecule has 2 aromatic carbocycles. The maximum absolute atomic E-state index is 12.5. The Morgan fingerprint density at radius 1 is 1.03 bits per heavy atom. The molecule has 0 unspecified atom stereocenters. The van der Waals surface area contributed by atoms with E-state index in [4.69, 9.17) is 10.00 Å². The first-order valence-corrected chi connectivity index (χ1v) is 13.0. The predicted octanol–water partition coefficient (Wildman–Crippen LogP) is 3.41. The Hall–Kier alpha value is -3.11. The predicted molar refractivity (Wildman–Crippen MR) is 115 cm³/mol. The van der Waals surface area contributed by atoms with E-state index in [0.717, 1.165) is 11.6 Å². The van der Waals surface area contributed by atoms with Gasteiger partial charge in [0.1, 0.15) is 19.2 Å². The molecule has 0 saturated carbocycles. The van der Waals surface area contributed by atoms with Crippen molar-refractivity contribution in [3.8, 4) is 6.07 Å². The number of carbonyl (C=O) groups is 2. The second-order valence-electron chi connectivity index (χ2n) is 7.67. The van der Waals surface area contributed by atoms with Crippen LogP contribution < -0.4 is 10.6 Å². The van der Waals surface area contributed by atoms with E-state index in [0.29, 0.717) is 6.04 Å². The number of hydrogen-bond acceptors (Lipinski definition) is 4. The minimum Gasteiger partial charge on any atom is -0.445 e. The van der Waals surface area contributed by atoms with Crippen molar-refractivity contribution in [2.45, 2.75) is 37.8 Å².